The molecule has 9 aliphatic carbocycles. The molecule has 12 amide bonds. The highest BCUT2D eigenvalue weighted by atomic mass is 32.2. The Morgan fingerprint density at radius 1 is 0.388 bits per heavy atom. The van der Waals surface area contributed by atoms with Crippen LogP contribution in [0.1, 0.15) is 515 Å². The molecule has 12 aliphatic rings. The van der Waals surface area contributed by atoms with Crippen LogP contribution in [0.2, 0.25) is 0 Å². The number of nitrogens with zero attached hydrogens (tertiary/aromatic N) is 3. The standard InChI is InChI=1S/3C37H62N4O7S/c3*1-10-11-15-23(29(43)31(44)38-24-16-17-24)20-26(42)28-27-25(36(27,8)9)21-41(28)32(45)30(34(2,3)4)39-33(46)40-37(18-13-12-14-19-37)22-49(47,48)35(5,6)7/h3*23-25,27-28,30H,10-22H2,1-9H3,(H,38,44)(H2,39,40,46)/t23-,25+,27+,28-,30-;2*23-,25-,27-,28+,30+/m100/s1/i1D3,2D3,3D3,4D3,10D2,11D2,12D2,13D2,14D2,15D2,18D2,19D2;1D3,2D3,3D3,4D3,5D3,6D3,7D3,10D2,11D2,12D2,13D2,14D2,15D2,18D2,19D2,23D;5D3,6D3,7D3,12D2,13D2,14D2,18D2,19D2,23D. The number of carbonyl (C=O) groups excluding carboxylic acids is 15. The lowest BCUT2D eigenvalue weighted by atomic mass is 9.83. The highest BCUT2D eigenvalue weighted by molar-refractivity contribution is 7.93. The van der Waals surface area contributed by atoms with Gasteiger partial charge in [-0.25, -0.2) is 39.6 Å². The third-order valence-electron chi connectivity index (χ3n) is 27.7. The van der Waals surface area contributed by atoms with Gasteiger partial charge < -0.3 is 62.6 Å². The minimum Gasteiger partial charge on any atom is -0.347 e. The number of piperidine rings is 3. The van der Waals surface area contributed by atoms with Gasteiger partial charge in [0.05, 0.1) is 66.2 Å². The van der Waals surface area contributed by atoms with Gasteiger partial charge in [0.1, 0.15) is 18.1 Å². The van der Waals surface area contributed by atoms with Crippen LogP contribution < -0.4 is 47.9 Å². The summed E-state index contributed by atoms with van der Waals surface area (Å²) >= 11 is 0. The number of unbranched alkanes of at least 4 members (excludes halogenated alkanes) is 1. The number of carbonyl (C=O) groups is 15. The van der Waals surface area contributed by atoms with E-state index in [-0.39, 0.29) is 54.0 Å². The molecule has 0 unspecified atom stereocenters. The van der Waals surface area contributed by atoms with Gasteiger partial charge in [-0.3, -0.25) is 57.5 Å². The third-order valence-corrected chi connectivity index (χ3v) is 33.9. The number of sulfone groups is 3. The molecule has 12 rings (SSSR count). The summed E-state index contributed by atoms with van der Waals surface area (Å²) in [5, 5.41) is 15.6. The molecule has 0 aromatic heterocycles. The van der Waals surface area contributed by atoms with E-state index in [1.54, 1.807) is 20.8 Å². The fraction of sp³-hybridized carbons (Fsp3) is 0.865. The molecule has 147 heavy (non-hydrogen) atoms. The number of ketones is 6. The fourth-order valence-corrected chi connectivity index (χ4v) is 21.7. The molecule has 0 spiro atoms. The molecule has 9 saturated carbocycles. The van der Waals surface area contributed by atoms with Crippen LogP contribution in [0.3, 0.4) is 0 Å². The Balaban J connectivity index is 0.000000345. The Labute approximate surface area is 999 Å². The van der Waals surface area contributed by atoms with E-state index >= 15 is 19.2 Å². The normalized spacial score (nSPS) is 41.8. The maximum atomic E-state index is 15.7. The SMILES string of the molecule is [2H]C([2H])([2H])C(C([2H])([2H])[2H])(C([2H])([2H])[2H])S(=O)(=O)CC1(NC(=O)N[C@H](C(=O)N2C[C@H]3[C@@H]([C@H]2C(=O)C[C@]([2H])(CCCC)C(=O)C(=O)NC2CC2)C3(C)C)C(C)(C)C)C([2H])([2H])C([2H])([2H])C([2H])([2H])C([2H])([2H])C1([2H])[2H].[2H]C([2H])([2H])C([2H])([2H])C([2H])([2H])C([2H])([2H])[C@@]([2H])(CC(=O)[C@@H]1[C@@H]2[C@H](CN1C(=O)[C@@H](NC(=O)NC1(CS(=O)(=O)C(C([2H])([2H])[2H])(C([2H])([2H])[2H])C([2H])([2H])[2H])C([2H])([2H])C([2H])([2H])C([2H])([2H])C([2H])([2H])C1([2H])[2H])C(C([2H])([2H])[2H])(C([2H])([2H])[2H])C([2H])([2H])[2H])C2(C)C)C(=O)C(=O)NC1CC1.[2H]C([2H])([2H])C([2H])([2H])C([2H])([2H])C([2H])([2H])[C@H](CC(=O)[C@@H]1[C@@H]2[C@H](CN1C(=O)[C@@H](NC(=O)NC1(CS(=O)(=O)C(C)(C)C)C([2H])([2H])C([2H])([2H])C([2H])([2H])C([2H])([2H])C1([2H])[2H])C(C([2H])([2H])[2H])(C([2H])([2H])[2H])C([2H])([2H])[2H])C2(C)C)C(=O)C(=O)NC1CC1. The number of rotatable bonds is 42. The molecule has 3 aliphatic heterocycles. The van der Waals surface area contributed by atoms with Crippen molar-refractivity contribution in [3.05, 3.63) is 0 Å². The lowest BCUT2D eigenvalue weighted by molar-refractivity contribution is -0.145. The lowest BCUT2D eigenvalue weighted by Gasteiger charge is -2.41. The van der Waals surface area contributed by atoms with Crippen LogP contribution in [0, 0.1) is 85.7 Å². The minimum absolute atomic E-state index is 0.0371. The molecule has 834 valence electrons. The topological polar surface area (TPSA) is 476 Å². The van der Waals surface area contributed by atoms with Crippen molar-refractivity contribution in [1.29, 1.82) is 0 Å². The summed E-state index contributed by atoms with van der Waals surface area (Å²) in [6.45, 7) is -49.1. The van der Waals surface area contributed by atoms with E-state index in [1.165, 1.54) is 69.7 Å². The van der Waals surface area contributed by atoms with E-state index in [0.717, 1.165) is 31.0 Å². The summed E-state index contributed by atoms with van der Waals surface area (Å²) in [7, 11) is -19.4. The van der Waals surface area contributed by atoms with Crippen molar-refractivity contribution in [3.63, 3.8) is 0 Å². The lowest BCUT2D eigenvalue weighted by Crippen LogP contribution is -2.63. The monoisotopic (exact) mass is 2210 g/mol. The highest BCUT2D eigenvalue weighted by Crippen LogP contribution is 2.68. The molecule has 3 heterocycles. The van der Waals surface area contributed by atoms with E-state index < -0.39 is 556 Å². The molecule has 0 radical (unpaired) electrons. The molecular weight excluding hydrogens is 1930 g/mol. The number of urea groups is 3. The number of nitrogens with one attached hydrogen (secondary N) is 9. The van der Waals surface area contributed by atoms with Crippen molar-refractivity contribution in [2.75, 3.05) is 36.9 Å². The molecule has 3 saturated heterocycles. The molecule has 0 aromatic carbocycles. The van der Waals surface area contributed by atoms with Crippen molar-refractivity contribution in [3.8, 4) is 0 Å². The van der Waals surface area contributed by atoms with Crippen LogP contribution >= 0.6 is 0 Å². The van der Waals surface area contributed by atoms with Gasteiger partial charge in [-0.1, -0.05) is 220 Å². The maximum Gasteiger partial charge on any atom is 0.315 e. The summed E-state index contributed by atoms with van der Waals surface area (Å²) in [4.78, 5) is 218. The second-order valence-electron chi connectivity index (χ2n) is 42.3. The first-order valence-electron chi connectivity index (χ1n) is 89.5. The van der Waals surface area contributed by atoms with E-state index in [2.05, 4.69) is 16.0 Å². The summed E-state index contributed by atoms with van der Waals surface area (Å²) in [6, 6.07) is -25.1. The summed E-state index contributed by atoms with van der Waals surface area (Å²) in [5.41, 5.74) is -28.1. The van der Waals surface area contributed by atoms with Gasteiger partial charge in [0, 0.05) is 193 Å². The first-order chi connectivity index (χ1) is 102. The number of fused-ring (bicyclic) bond motifs is 3. The Morgan fingerprint density at radius 2 is 0.680 bits per heavy atom. The second-order valence-corrected chi connectivity index (χ2v) is 49.3. The molecular formula is C111H186N12O21S3. The van der Waals surface area contributed by atoms with Crippen LogP contribution in [0.5, 0.6) is 0 Å². The average molecular weight is 2210 g/mol. The van der Waals surface area contributed by atoms with Gasteiger partial charge in [0.25, 0.3) is 17.7 Å². The van der Waals surface area contributed by atoms with Crippen LogP contribution in [-0.4, -0.2) is 250 Å². The van der Waals surface area contributed by atoms with Gasteiger partial charge in [0.15, 0.2) is 46.9 Å². The fourth-order valence-electron chi connectivity index (χ4n) is 18.5. The molecule has 0 aromatic rings. The van der Waals surface area contributed by atoms with Crippen molar-refractivity contribution < 1.29 is 215 Å². The summed E-state index contributed by atoms with van der Waals surface area (Å²) < 4.78 is 799. The smallest absolute Gasteiger partial charge is 0.315 e. The quantitative estimate of drug-likeness (QED) is 0.0256. The second kappa shape index (κ2) is 46.0. The summed E-state index contributed by atoms with van der Waals surface area (Å²) in [5.74, 6) is -43.8. The van der Waals surface area contributed by atoms with E-state index in [9.17, 15) is 79.4 Å². The van der Waals surface area contributed by atoms with E-state index in [4.69, 9.17) is 117 Å². The van der Waals surface area contributed by atoms with Gasteiger partial charge in [-0.2, -0.15) is 0 Å². The molecule has 0 bridgehead atoms. The number of Topliss-reactive ketones (excluding diaryl/α,β-unsaturated/α-hetero) is 6. The Bertz CT molecular complexity index is 8980. The zero-order chi connectivity index (χ0) is 185. The molecule has 12 fully saturated rings. The van der Waals surface area contributed by atoms with Crippen molar-refractivity contribution in [2.45, 2.75) is 482 Å². The van der Waals surface area contributed by atoms with Gasteiger partial charge in [-0.15, -0.1) is 0 Å². The maximum absolute atomic E-state index is 15.7. The van der Waals surface area contributed by atoms with Crippen LogP contribution in [0.15, 0.2) is 0 Å². The van der Waals surface area contributed by atoms with E-state index in [1.807, 2.05) is 5.32 Å². The Morgan fingerprint density at radius 3 is 0.973 bits per heavy atom. The largest absolute Gasteiger partial charge is 0.347 e. The number of amides is 12. The van der Waals surface area contributed by atoms with Crippen LogP contribution in [0.4, 0.5) is 14.4 Å². The zero-order valence-corrected chi connectivity index (χ0v) is 85.1. The third kappa shape index (κ3) is 29.6. The van der Waals surface area contributed by atoms with Crippen LogP contribution in [0.25, 0.3) is 0 Å². The molecule has 15 atom stereocenters. The first-order valence-corrected chi connectivity index (χ1v) is 51.5. The molecule has 36 heteroatoms. The van der Waals surface area contributed by atoms with Crippen molar-refractivity contribution in [1.82, 2.24) is 62.6 Å². The minimum atomic E-state index is -7.30. The number of likely N-dealkylation sites (tertiary alicyclic amines) is 3. The highest BCUT2D eigenvalue weighted by Gasteiger charge is 2.73. The average Bonchev–Trinajstić information content (AvgIpc) is 1.65. The Kier molecular flexibility index (Phi) is 15.2. The van der Waals surface area contributed by atoms with Gasteiger partial charge in [0.2, 0.25) is 35.1 Å². The van der Waals surface area contributed by atoms with Crippen LogP contribution in [-0.2, 0) is 87.0 Å². The zero-order valence-electron chi connectivity index (χ0n) is 169. The molecule has 33 nitrogen and oxygen atoms in total. The predicted octanol–water partition coefficient (Wildman–Crippen LogP) is 14.1. The summed E-state index contributed by atoms with van der Waals surface area (Å²) in [6.07, 6.45) is -97.5. The predicted molar refractivity (Wildman–Crippen MR) is 568 cm³/mol. The Hall–Kier alpha value is -7.50. The number of hydrogen-bond donors (Lipinski definition) is 9. The van der Waals surface area contributed by atoms with Crippen molar-refractivity contribution >= 4 is 118 Å². The van der Waals surface area contributed by atoms with Gasteiger partial charge >= 0.3 is 18.1 Å². The van der Waals surface area contributed by atoms with E-state index in [0.29, 0.717) is 32.1 Å². The molecule has 9 N–H and O–H groups in total. The van der Waals surface area contributed by atoms with Gasteiger partial charge in [-0.05, 0) is 226 Å². The first kappa shape index (κ1) is 48.7. The van der Waals surface area contributed by atoms with Crippen molar-refractivity contribution in [2.24, 2.45) is 85.7 Å². The number of hydrogen-bond acceptors (Lipinski definition) is 21.